The topological polar surface area (TPSA) is 35.5 Å². The highest BCUT2D eigenvalue weighted by Crippen LogP contribution is 2.04. The van der Waals surface area contributed by atoms with Crippen LogP contribution in [0.5, 0.6) is 0 Å². The van der Waals surface area contributed by atoms with E-state index in [4.69, 9.17) is 9.31 Å². The molecule has 1 rings (SSSR count). The van der Waals surface area contributed by atoms with Crippen molar-refractivity contribution in [1.82, 2.24) is 0 Å². The van der Waals surface area contributed by atoms with Crippen LogP contribution in [0.25, 0.3) is 0 Å². The smallest absolute Gasteiger partial charge is 0.410 e. The molecule has 3 nitrogen and oxygen atoms in total. The summed E-state index contributed by atoms with van der Waals surface area (Å²) in [6.07, 6.45) is 1.91. The fourth-order valence-electron chi connectivity index (χ4n) is 1.41. The largest absolute Gasteiger partial charge is 0.493 e. The van der Waals surface area contributed by atoms with E-state index in [9.17, 15) is 4.79 Å². The molecule has 0 aliphatic rings. The molecule has 0 saturated carbocycles. The molecule has 0 radical (unpaired) electrons. The van der Waals surface area contributed by atoms with Crippen LogP contribution in [-0.2, 0) is 9.31 Å². The van der Waals surface area contributed by atoms with Crippen LogP contribution < -0.4 is 5.46 Å². The molecule has 0 N–H and O–H groups in total. The van der Waals surface area contributed by atoms with Crippen molar-refractivity contribution in [2.24, 2.45) is 0 Å². The predicted molar refractivity (Wildman–Crippen MR) is 68.6 cm³/mol. The zero-order valence-electron chi connectivity index (χ0n) is 9.73. The number of benzene rings is 1. The van der Waals surface area contributed by atoms with Crippen LogP contribution in [0.1, 0.15) is 10.4 Å². The van der Waals surface area contributed by atoms with Crippen LogP contribution in [-0.4, -0.2) is 39.1 Å². The molecular weight excluding hydrogens is 223 g/mol. The van der Waals surface area contributed by atoms with Crippen molar-refractivity contribution >= 4 is 30.1 Å². The number of rotatable bonds is 6. The molecule has 0 aromatic heterocycles. The van der Waals surface area contributed by atoms with Gasteiger partial charge >= 0.3 is 7.12 Å². The molecule has 1 aromatic carbocycles. The summed E-state index contributed by atoms with van der Waals surface area (Å²) in [5.74, 6) is 0.655. The third-order valence-corrected chi connectivity index (χ3v) is 2.76. The van der Waals surface area contributed by atoms with E-state index in [-0.39, 0.29) is 12.9 Å². The molecule has 16 heavy (non-hydrogen) atoms. The zero-order chi connectivity index (χ0) is 12.0. The van der Waals surface area contributed by atoms with Crippen LogP contribution >= 0.6 is 11.8 Å². The summed E-state index contributed by atoms with van der Waals surface area (Å²) in [4.78, 5) is 11.6. The number of ketones is 1. The van der Waals surface area contributed by atoms with Gasteiger partial charge in [-0.3, -0.25) is 4.79 Å². The average Bonchev–Trinajstić information content (AvgIpc) is 2.32. The summed E-state index contributed by atoms with van der Waals surface area (Å²) in [6.45, 7) is 0. The van der Waals surface area contributed by atoms with Gasteiger partial charge in [0.2, 0.25) is 0 Å². The molecule has 0 fully saturated rings. The standard InChI is InChI=1S/C11H15BO3S/c1-14-12(15-2)10-6-4-9(5-7-10)11(13)8-16-3/h4-7H,8H2,1-3H3. The Morgan fingerprint density at radius 1 is 1.25 bits per heavy atom. The third-order valence-electron chi connectivity index (χ3n) is 2.21. The highest BCUT2D eigenvalue weighted by Gasteiger charge is 2.17. The minimum atomic E-state index is -0.371. The molecular formula is C11H15BO3S. The van der Waals surface area contributed by atoms with Crippen molar-refractivity contribution < 1.29 is 14.1 Å². The van der Waals surface area contributed by atoms with Gasteiger partial charge in [-0.2, -0.15) is 11.8 Å². The minimum absolute atomic E-state index is 0.144. The average molecular weight is 238 g/mol. The highest BCUT2D eigenvalue weighted by atomic mass is 32.2. The summed E-state index contributed by atoms with van der Waals surface area (Å²) < 4.78 is 10.2. The second kappa shape index (κ2) is 6.73. The van der Waals surface area contributed by atoms with E-state index in [0.717, 1.165) is 11.0 Å². The summed E-state index contributed by atoms with van der Waals surface area (Å²) in [5, 5.41) is 0. The van der Waals surface area contributed by atoms with Crippen LogP contribution in [0.4, 0.5) is 0 Å². The van der Waals surface area contributed by atoms with Crippen LogP contribution in [0.15, 0.2) is 24.3 Å². The van der Waals surface area contributed by atoms with Crippen molar-refractivity contribution in [2.75, 3.05) is 26.2 Å². The second-order valence-electron chi connectivity index (χ2n) is 3.28. The fraction of sp³-hybridized carbons (Fsp3) is 0.364. The van der Waals surface area contributed by atoms with Crippen LogP contribution in [0, 0.1) is 0 Å². The molecule has 0 aliphatic carbocycles. The fourth-order valence-corrected chi connectivity index (χ4v) is 1.84. The maximum atomic E-state index is 11.6. The number of hydrogen-bond acceptors (Lipinski definition) is 4. The third kappa shape index (κ3) is 3.37. The lowest BCUT2D eigenvalue weighted by Gasteiger charge is -2.08. The zero-order valence-corrected chi connectivity index (χ0v) is 10.5. The Labute approximate surface area is 101 Å². The Hall–Kier alpha value is -0.775. The molecule has 86 valence electrons. The van der Waals surface area contributed by atoms with Gasteiger partial charge in [-0.15, -0.1) is 0 Å². The summed E-state index contributed by atoms with van der Waals surface area (Å²) in [7, 11) is 2.80. The molecule has 1 aromatic rings. The summed E-state index contributed by atoms with van der Waals surface area (Å²) >= 11 is 1.53. The number of carbonyl (C=O) groups excluding carboxylic acids is 1. The first-order valence-electron chi connectivity index (χ1n) is 4.90. The predicted octanol–water partition coefficient (Wildman–Crippen LogP) is 1.22. The molecule has 0 atom stereocenters. The Bertz CT molecular complexity index is 336. The second-order valence-corrected chi connectivity index (χ2v) is 4.15. The van der Waals surface area contributed by atoms with Gasteiger partial charge in [-0.05, 0) is 11.7 Å². The Morgan fingerprint density at radius 3 is 2.25 bits per heavy atom. The molecule has 0 bridgehead atoms. The Kier molecular flexibility index (Phi) is 5.59. The van der Waals surface area contributed by atoms with Gasteiger partial charge in [0.15, 0.2) is 5.78 Å². The maximum Gasteiger partial charge on any atom is 0.493 e. The molecule has 0 aliphatic heterocycles. The first-order valence-corrected chi connectivity index (χ1v) is 6.30. The molecule has 0 heterocycles. The van der Waals surface area contributed by atoms with E-state index in [2.05, 4.69) is 0 Å². The number of Topliss-reactive ketones (excluding diaryl/α,β-unsaturated/α-hetero) is 1. The van der Waals surface area contributed by atoms with E-state index in [1.54, 1.807) is 26.4 Å². The van der Waals surface area contributed by atoms with E-state index in [1.165, 1.54) is 11.8 Å². The molecule has 0 amide bonds. The lowest BCUT2D eigenvalue weighted by atomic mass is 9.78. The van der Waals surface area contributed by atoms with Gasteiger partial charge < -0.3 is 9.31 Å². The first-order chi connectivity index (χ1) is 7.72. The van der Waals surface area contributed by atoms with Crippen molar-refractivity contribution in [3.63, 3.8) is 0 Å². The summed E-state index contributed by atoms with van der Waals surface area (Å²) in [6, 6.07) is 7.31. The normalized spacial score (nSPS) is 10.2. The van der Waals surface area contributed by atoms with Crippen LogP contribution in [0.3, 0.4) is 0 Å². The van der Waals surface area contributed by atoms with Gasteiger partial charge in [0.1, 0.15) is 0 Å². The Balaban J connectivity index is 2.78. The lowest BCUT2D eigenvalue weighted by Crippen LogP contribution is -2.34. The molecule has 0 unspecified atom stereocenters. The Morgan fingerprint density at radius 2 is 1.81 bits per heavy atom. The first kappa shape index (κ1) is 13.3. The molecule has 0 spiro atoms. The maximum absolute atomic E-state index is 11.6. The van der Waals surface area contributed by atoms with E-state index >= 15 is 0 Å². The van der Waals surface area contributed by atoms with Gasteiger partial charge in [-0.25, -0.2) is 0 Å². The van der Waals surface area contributed by atoms with Gasteiger partial charge in [-0.1, -0.05) is 24.3 Å². The number of carbonyl (C=O) groups is 1. The van der Waals surface area contributed by atoms with Gasteiger partial charge in [0.05, 0.1) is 5.75 Å². The number of thioether (sulfide) groups is 1. The molecule has 5 heteroatoms. The monoisotopic (exact) mass is 238 g/mol. The van der Waals surface area contributed by atoms with Crippen molar-refractivity contribution in [2.45, 2.75) is 0 Å². The van der Waals surface area contributed by atoms with Crippen LogP contribution in [0.2, 0.25) is 0 Å². The summed E-state index contributed by atoms with van der Waals surface area (Å²) in [5.41, 5.74) is 1.63. The van der Waals surface area contributed by atoms with Crippen molar-refractivity contribution in [1.29, 1.82) is 0 Å². The quantitative estimate of drug-likeness (QED) is 0.551. The number of hydrogen-bond donors (Lipinski definition) is 0. The minimum Gasteiger partial charge on any atom is -0.410 e. The molecule has 0 saturated heterocycles. The van der Waals surface area contributed by atoms with Crippen molar-refractivity contribution in [3.05, 3.63) is 29.8 Å². The van der Waals surface area contributed by atoms with Gasteiger partial charge in [0.25, 0.3) is 0 Å². The SMILES string of the molecule is COB(OC)c1ccc(C(=O)CSC)cc1. The van der Waals surface area contributed by atoms with E-state index in [1.807, 2.05) is 18.4 Å². The highest BCUT2D eigenvalue weighted by molar-refractivity contribution is 7.99. The van der Waals surface area contributed by atoms with Crippen molar-refractivity contribution in [3.8, 4) is 0 Å². The lowest BCUT2D eigenvalue weighted by molar-refractivity contribution is 0.102. The van der Waals surface area contributed by atoms with E-state index < -0.39 is 0 Å². The van der Waals surface area contributed by atoms with E-state index in [0.29, 0.717) is 5.75 Å². The van der Waals surface area contributed by atoms with Gasteiger partial charge in [0, 0.05) is 19.8 Å².